The predicted octanol–water partition coefficient (Wildman–Crippen LogP) is 3.54. The first-order valence-corrected chi connectivity index (χ1v) is 6.63. The summed E-state index contributed by atoms with van der Waals surface area (Å²) < 4.78 is 0. The van der Waals surface area contributed by atoms with E-state index in [2.05, 4.69) is 10.5 Å². The summed E-state index contributed by atoms with van der Waals surface area (Å²) in [4.78, 5) is 13.7. The van der Waals surface area contributed by atoms with E-state index in [0.717, 1.165) is 19.3 Å². The molecule has 0 aliphatic carbocycles. The standard InChI is InChI=1S/C13H16ClN3O2/c14-10-5-7-11(8-6-10)15-13(18)17-9-3-1-2-4-12(17)16-19/h5-8,19H,1-4,9H2,(H,15,18)/b16-12+. The number of halogens is 1. The smallest absolute Gasteiger partial charge is 0.327 e. The molecular formula is C13H16ClN3O2. The fraction of sp³-hybridized carbons (Fsp3) is 0.385. The Labute approximate surface area is 116 Å². The van der Waals surface area contributed by atoms with Crippen molar-refractivity contribution in [3.8, 4) is 0 Å². The van der Waals surface area contributed by atoms with Crippen LogP contribution >= 0.6 is 11.6 Å². The van der Waals surface area contributed by atoms with Crippen LogP contribution < -0.4 is 5.32 Å². The van der Waals surface area contributed by atoms with Crippen molar-refractivity contribution in [2.24, 2.45) is 5.16 Å². The number of oxime groups is 1. The average molecular weight is 282 g/mol. The highest BCUT2D eigenvalue weighted by atomic mass is 35.5. The van der Waals surface area contributed by atoms with E-state index in [1.54, 1.807) is 24.3 Å². The van der Waals surface area contributed by atoms with Crippen molar-refractivity contribution in [3.05, 3.63) is 29.3 Å². The molecule has 1 aromatic rings. The molecule has 0 aromatic heterocycles. The molecule has 1 saturated heterocycles. The van der Waals surface area contributed by atoms with Gasteiger partial charge in [0.1, 0.15) is 0 Å². The molecule has 1 aliphatic rings. The molecule has 0 atom stereocenters. The number of anilines is 1. The minimum Gasteiger partial charge on any atom is -0.409 e. The molecule has 1 aromatic carbocycles. The Morgan fingerprint density at radius 3 is 2.68 bits per heavy atom. The van der Waals surface area contributed by atoms with E-state index >= 15 is 0 Å². The van der Waals surface area contributed by atoms with Gasteiger partial charge >= 0.3 is 6.03 Å². The van der Waals surface area contributed by atoms with Gasteiger partial charge in [-0.3, -0.25) is 4.90 Å². The molecule has 0 saturated carbocycles. The third kappa shape index (κ3) is 3.61. The Morgan fingerprint density at radius 2 is 2.00 bits per heavy atom. The molecule has 0 radical (unpaired) electrons. The van der Waals surface area contributed by atoms with Gasteiger partial charge in [-0.25, -0.2) is 4.79 Å². The van der Waals surface area contributed by atoms with Gasteiger partial charge < -0.3 is 10.5 Å². The molecule has 1 heterocycles. The van der Waals surface area contributed by atoms with Gasteiger partial charge in [-0.15, -0.1) is 0 Å². The summed E-state index contributed by atoms with van der Waals surface area (Å²) in [6.07, 6.45) is 3.49. The lowest BCUT2D eigenvalue weighted by Crippen LogP contribution is -2.39. The summed E-state index contributed by atoms with van der Waals surface area (Å²) in [7, 11) is 0. The van der Waals surface area contributed by atoms with E-state index in [9.17, 15) is 4.79 Å². The Morgan fingerprint density at radius 1 is 1.26 bits per heavy atom. The molecule has 1 aliphatic heterocycles. The van der Waals surface area contributed by atoms with E-state index in [0.29, 0.717) is 29.5 Å². The second-order valence-corrected chi connectivity index (χ2v) is 4.85. The normalized spacial score (nSPS) is 18.2. The maximum Gasteiger partial charge on any atom is 0.327 e. The first-order chi connectivity index (χ1) is 9.20. The fourth-order valence-corrected chi connectivity index (χ4v) is 2.17. The quantitative estimate of drug-likeness (QED) is 0.611. The van der Waals surface area contributed by atoms with E-state index in [4.69, 9.17) is 16.8 Å². The van der Waals surface area contributed by atoms with Crippen molar-refractivity contribution in [2.45, 2.75) is 25.7 Å². The summed E-state index contributed by atoms with van der Waals surface area (Å²) in [6.45, 7) is 0.568. The van der Waals surface area contributed by atoms with Crippen LogP contribution in [0.5, 0.6) is 0 Å². The molecule has 0 unspecified atom stereocenters. The number of urea groups is 1. The number of nitrogens with zero attached hydrogens (tertiary/aromatic N) is 2. The van der Waals surface area contributed by atoms with E-state index in [1.807, 2.05) is 0 Å². The number of hydrogen-bond donors (Lipinski definition) is 2. The lowest BCUT2D eigenvalue weighted by Gasteiger charge is -2.21. The second kappa shape index (κ2) is 6.43. The number of nitrogens with one attached hydrogen (secondary N) is 1. The molecule has 2 rings (SSSR count). The van der Waals surface area contributed by atoms with Crippen LogP contribution in [0, 0.1) is 0 Å². The zero-order valence-electron chi connectivity index (χ0n) is 10.5. The lowest BCUT2D eigenvalue weighted by molar-refractivity contribution is 0.230. The van der Waals surface area contributed by atoms with Crippen LogP contribution in [-0.4, -0.2) is 28.5 Å². The average Bonchev–Trinajstić information content (AvgIpc) is 2.66. The van der Waals surface area contributed by atoms with Gasteiger partial charge in [0.15, 0.2) is 5.84 Å². The minimum atomic E-state index is -0.281. The maximum absolute atomic E-state index is 12.2. The number of carbonyl (C=O) groups is 1. The van der Waals surface area contributed by atoms with Crippen LogP contribution in [0.15, 0.2) is 29.4 Å². The van der Waals surface area contributed by atoms with Gasteiger partial charge in [0.05, 0.1) is 0 Å². The second-order valence-electron chi connectivity index (χ2n) is 4.42. The zero-order chi connectivity index (χ0) is 13.7. The predicted molar refractivity (Wildman–Crippen MR) is 74.9 cm³/mol. The molecular weight excluding hydrogens is 266 g/mol. The summed E-state index contributed by atoms with van der Waals surface area (Å²) in [5.41, 5.74) is 0.663. The van der Waals surface area contributed by atoms with Crippen molar-refractivity contribution < 1.29 is 10.0 Å². The van der Waals surface area contributed by atoms with Crippen LogP contribution in [0.25, 0.3) is 0 Å². The number of carbonyl (C=O) groups excluding carboxylic acids is 1. The third-order valence-corrected chi connectivity index (χ3v) is 3.30. The Kier molecular flexibility index (Phi) is 4.63. The van der Waals surface area contributed by atoms with E-state index in [1.165, 1.54) is 4.90 Å². The van der Waals surface area contributed by atoms with Crippen molar-refractivity contribution in [3.63, 3.8) is 0 Å². The first kappa shape index (κ1) is 13.7. The summed E-state index contributed by atoms with van der Waals surface area (Å²) in [5.74, 6) is 0.420. The number of hydrogen-bond acceptors (Lipinski definition) is 3. The van der Waals surface area contributed by atoms with Gasteiger partial charge in [-0.05, 0) is 37.1 Å². The summed E-state index contributed by atoms with van der Waals surface area (Å²) in [6, 6.07) is 6.60. The van der Waals surface area contributed by atoms with Crippen molar-refractivity contribution in [1.82, 2.24) is 4.90 Å². The molecule has 2 amide bonds. The maximum atomic E-state index is 12.2. The zero-order valence-corrected chi connectivity index (χ0v) is 11.2. The summed E-state index contributed by atoms with van der Waals surface area (Å²) >= 11 is 5.79. The van der Waals surface area contributed by atoms with Crippen molar-refractivity contribution in [1.29, 1.82) is 0 Å². The highest BCUT2D eigenvalue weighted by Crippen LogP contribution is 2.16. The van der Waals surface area contributed by atoms with Gasteiger partial charge in [0, 0.05) is 23.7 Å². The monoisotopic (exact) mass is 281 g/mol. The Bertz CT molecular complexity index is 473. The van der Waals surface area contributed by atoms with Crippen LogP contribution in [0.1, 0.15) is 25.7 Å². The molecule has 102 valence electrons. The van der Waals surface area contributed by atoms with Crippen LogP contribution in [0.3, 0.4) is 0 Å². The highest BCUT2D eigenvalue weighted by Gasteiger charge is 2.22. The number of benzene rings is 1. The highest BCUT2D eigenvalue weighted by molar-refractivity contribution is 6.30. The van der Waals surface area contributed by atoms with Gasteiger partial charge in [0.25, 0.3) is 0 Å². The topological polar surface area (TPSA) is 64.9 Å². The Balaban J connectivity index is 2.07. The van der Waals surface area contributed by atoms with E-state index < -0.39 is 0 Å². The first-order valence-electron chi connectivity index (χ1n) is 6.26. The lowest BCUT2D eigenvalue weighted by atomic mass is 10.2. The largest absolute Gasteiger partial charge is 0.409 e. The van der Waals surface area contributed by atoms with Crippen LogP contribution in [0.4, 0.5) is 10.5 Å². The molecule has 0 spiro atoms. The van der Waals surface area contributed by atoms with Crippen LogP contribution in [0.2, 0.25) is 5.02 Å². The van der Waals surface area contributed by atoms with Crippen molar-refractivity contribution >= 4 is 29.2 Å². The minimum absolute atomic E-state index is 0.281. The molecule has 2 N–H and O–H groups in total. The number of amidine groups is 1. The van der Waals surface area contributed by atoms with Gasteiger partial charge in [-0.1, -0.05) is 23.2 Å². The molecule has 5 nitrogen and oxygen atoms in total. The van der Waals surface area contributed by atoms with E-state index in [-0.39, 0.29) is 6.03 Å². The number of likely N-dealkylation sites (tertiary alicyclic amines) is 1. The van der Waals surface area contributed by atoms with Gasteiger partial charge in [-0.2, -0.15) is 0 Å². The third-order valence-electron chi connectivity index (χ3n) is 3.05. The number of rotatable bonds is 1. The van der Waals surface area contributed by atoms with Gasteiger partial charge in [0.2, 0.25) is 0 Å². The molecule has 0 bridgehead atoms. The SMILES string of the molecule is O=C(Nc1ccc(Cl)cc1)N1CCCCC/C1=N\O. The van der Waals surface area contributed by atoms with Crippen molar-refractivity contribution in [2.75, 3.05) is 11.9 Å². The molecule has 6 heteroatoms. The molecule has 1 fully saturated rings. The van der Waals surface area contributed by atoms with Crippen LogP contribution in [-0.2, 0) is 0 Å². The molecule has 19 heavy (non-hydrogen) atoms. The fourth-order valence-electron chi connectivity index (χ4n) is 2.04. The number of amides is 2. The summed E-state index contributed by atoms with van der Waals surface area (Å²) in [5, 5.41) is 15.6. The Hall–Kier alpha value is -1.75.